The summed E-state index contributed by atoms with van der Waals surface area (Å²) in [6, 6.07) is 0. The molecule has 0 aromatic carbocycles. The van der Waals surface area contributed by atoms with Crippen molar-refractivity contribution >= 4 is 0 Å². The third-order valence-corrected chi connectivity index (χ3v) is 2.27. The van der Waals surface area contributed by atoms with E-state index in [9.17, 15) is 0 Å². The zero-order chi connectivity index (χ0) is 6.91. The average molecular weight is 127 g/mol. The Kier molecular flexibility index (Phi) is 1.80. The molecule has 0 atom stereocenters. The van der Waals surface area contributed by atoms with E-state index < -0.39 is 0 Å². The Bertz CT molecular complexity index is 92.7. The SMILES string of the molecule is CN(C)CCC1(C)CC1. The van der Waals surface area contributed by atoms with Gasteiger partial charge in [-0.2, -0.15) is 0 Å². The van der Waals surface area contributed by atoms with E-state index in [1.807, 2.05) is 0 Å². The van der Waals surface area contributed by atoms with Crippen LogP contribution in [-0.4, -0.2) is 25.5 Å². The van der Waals surface area contributed by atoms with Gasteiger partial charge in [0.25, 0.3) is 0 Å². The molecule has 0 radical (unpaired) electrons. The second-order valence-electron chi connectivity index (χ2n) is 3.86. The molecule has 0 spiro atoms. The van der Waals surface area contributed by atoms with Crippen molar-refractivity contribution in [1.29, 1.82) is 0 Å². The smallest absolute Gasteiger partial charge is 0.00196 e. The molecule has 0 bridgehead atoms. The van der Waals surface area contributed by atoms with Crippen molar-refractivity contribution in [3.8, 4) is 0 Å². The Labute approximate surface area is 58.0 Å². The van der Waals surface area contributed by atoms with Gasteiger partial charge >= 0.3 is 0 Å². The number of nitrogens with zero attached hydrogens (tertiary/aromatic N) is 1. The molecule has 1 saturated carbocycles. The molecule has 54 valence electrons. The van der Waals surface area contributed by atoms with Crippen LogP contribution in [0.15, 0.2) is 0 Å². The summed E-state index contributed by atoms with van der Waals surface area (Å²) < 4.78 is 0. The fraction of sp³-hybridized carbons (Fsp3) is 1.00. The van der Waals surface area contributed by atoms with Gasteiger partial charge in [0, 0.05) is 0 Å². The fourth-order valence-electron chi connectivity index (χ4n) is 0.957. The van der Waals surface area contributed by atoms with Gasteiger partial charge in [-0.15, -0.1) is 0 Å². The molecule has 0 saturated heterocycles. The maximum absolute atomic E-state index is 2.39. The van der Waals surface area contributed by atoms with Gasteiger partial charge < -0.3 is 4.90 Å². The van der Waals surface area contributed by atoms with E-state index in [-0.39, 0.29) is 0 Å². The minimum absolute atomic E-state index is 0.740. The van der Waals surface area contributed by atoms with Gasteiger partial charge in [-0.3, -0.25) is 0 Å². The Balaban J connectivity index is 2.05. The summed E-state index contributed by atoms with van der Waals surface area (Å²) >= 11 is 0. The fourth-order valence-corrected chi connectivity index (χ4v) is 0.957. The number of hydrogen-bond donors (Lipinski definition) is 0. The molecule has 1 rings (SSSR count). The van der Waals surface area contributed by atoms with Gasteiger partial charge in [-0.05, 0) is 45.3 Å². The highest BCUT2D eigenvalue weighted by Gasteiger charge is 2.36. The standard InChI is InChI=1S/C8H17N/c1-8(4-5-8)6-7-9(2)3/h4-7H2,1-3H3. The van der Waals surface area contributed by atoms with Crippen molar-refractivity contribution in [2.24, 2.45) is 5.41 Å². The summed E-state index contributed by atoms with van der Waals surface area (Å²) in [5.41, 5.74) is 0.740. The zero-order valence-corrected chi connectivity index (χ0v) is 6.78. The van der Waals surface area contributed by atoms with Gasteiger partial charge in [-0.1, -0.05) is 6.92 Å². The number of rotatable bonds is 3. The van der Waals surface area contributed by atoms with Crippen molar-refractivity contribution in [1.82, 2.24) is 4.90 Å². The summed E-state index contributed by atoms with van der Waals surface area (Å²) in [5, 5.41) is 0. The minimum atomic E-state index is 0.740. The average Bonchev–Trinajstić information content (AvgIpc) is 2.45. The molecule has 1 fully saturated rings. The van der Waals surface area contributed by atoms with Crippen LogP contribution in [0.1, 0.15) is 26.2 Å². The van der Waals surface area contributed by atoms with Crippen LogP contribution in [0.2, 0.25) is 0 Å². The summed E-state index contributed by atoms with van der Waals surface area (Å²) in [4.78, 5) is 2.27. The lowest BCUT2D eigenvalue weighted by molar-refractivity contribution is 0.351. The van der Waals surface area contributed by atoms with E-state index in [2.05, 4.69) is 25.9 Å². The lowest BCUT2D eigenvalue weighted by Gasteiger charge is -2.12. The molecule has 0 N–H and O–H groups in total. The van der Waals surface area contributed by atoms with E-state index in [1.165, 1.54) is 25.8 Å². The van der Waals surface area contributed by atoms with Crippen molar-refractivity contribution in [2.75, 3.05) is 20.6 Å². The molecule has 0 amide bonds. The first-order valence-corrected chi connectivity index (χ1v) is 3.77. The van der Waals surface area contributed by atoms with Crippen molar-refractivity contribution in [2.45, 2.75) is 26.2 Å². The van der Waals surface area contributed by atoms with E-state index in [0.717, 1.165) is 5.41 Å². The van der Waals surface area contributed by atoms with Crippen LogP contribution < -0.4 is 0 Å². The Morgan fingerprint density at radius 1 is 1.33 bits per heavy atom. The second kappa shape index (κ2) is 2.30. The molecular formula is C8H17N. The van der Waals surface area contributed by atoms with Crippen LogP contribution in [0.5, 0.6) is 0 Å². The molecule has 1 heteroatoms. The van der Waals surface area contributed by atoms with Crippen molar-refractivity contribution < 1.29 is 0 Å². The topological polar surface area (TPSA) is 3.24 Å². The highest BCUT2D eigenvalue weighted by Crippen LogP contribution is 2.47. The highest BCUT2D eigenvalue weighted by atomic mass is 15.0. The van der Waals surface area contributed by atoms with Crippen molar-refractivity contribution in [3.63, 3.8) is 0 Å². The molecule has 9 heavy (non-hydrogen) atoms. The molecule has 0 heterocycles. The summed E-state index contributed by atoms with van der Waals surface area (Å²) in [5.74, 6) is 0. The van der Waals surface area contributed by atoms with Crippen LogP contribution in [0.3, 0.4) is 0 Å². The Morgan fingerprint density at radius 2 is 1.89 bits per heavy atom. The van der Waals surface area contributed by atoms with Gasteiger partial charge in [0.1, 0.15) is 0 Å². The van der Waals surface area contributed by atoms with Gasteiger partial charge in [-0.25, -0.2) is 0 Å². The second-order valence-corrected chi connectivity index (χ2v) is 3.86. The maximum atomic E-state index is 2.39. The van der Waals surface area contributed by atoms with E-state index in [0.29, 0.717) is 0 Å². The zero-order valence-electron chi connectivity index (χ0n) is 6.78. The van der Waals surface area contributed by atoms with E-state index in [4.69, 9.17) is 0 Å². The van der Waals surface area contributed by atoms with Gasteiger partial charge in [0.05, 0.1) is 0 Å². The predicted molar refractivity (Wildman–Crippen MR) is 40.5 cm³/mol. The van der Waals surface area contributed by atoms with Crippen LogP contribution in [0, 0.1) is 5.41 Å². The molecule has 0 aliphatic heterocycles. The third-order valence-electron chi connectivity index (χ3n) is 2.27. The third kappa shape index (κ3) is 2.35. The lowest BCUT2D eigenvalue weighted by atomic mass is 10.1. The normalized spacial score (nSPS) is 22.7. The molecule has 0 unspecified atom stereocenters. The Hall–Kier alpha value is -0.0400. The number of hydrogen-bond acceptors (Lipinski definition) is 1. The predicted octanol–water partition coefficient (Wildman–Crippen LogP) is 1.74. The highest BCUT2D eigenvalue weighted by molar-refractivity contribution is 4.88. The molecule has 1 nitrogen and oxygen atoms in total. The van der Waals surface area contributed by atoms with Gasteiger partial charge in [0.15, 0.2) is 0 Å². The molecule has 1 aliphatic rings. The quantitative estimate of drug-likeness (QED) is 0.558. The summed E-state index contributed by atoms with van der Waals surface area (Å²) in [7, 11) is 4.29. The van der Waals surface area contributed by atoms with Crippen LogP contribution in [0.4, 0.5) is 0 Å². The van der Waals surface area contributed by atoms with Gasteiger partial charge in [0.2, 0.25) is 0 Å². The molecule has 0 aromatic heterocycles. The molecular weight excluding hydrogens is 110 g/mol. The molecule has 0 aromatic rings. The summed E-state index contributed by atoms with van der Waals surface area (Å²) in [6.45, 7) is 3.65. The van der Waals surface area contributed by atoms with Crippen LogP contribution >= 0.6 is 0 Å². The first-order chi connectivity index (χ1) is 4.12. The van der Waals surface area contributed by atoms with Crippen LogP contribution in [-0.2, 0) is 0 Å². The van der Waals surface area contributed by atoms with Crippen molar-refractivity contribution in [3.05, 3.63) is 0 Å². The Morgan fingerprint density at radius 3 is 2.22 bits per heavy atom. The largest absolute Gasteiger partial charge is 0.309 e. The maximum Gasteiger partial charge on any atom is -0.00196 e. The molecule has 1 aliphatic carbocycles. The van der Waals surface area contributed by atoms with E-state index in [1.54, 1.807) is 0 Å². The summed E-state index contributed by atoms with van der Waals surface area (Å²) in [6.07, 6.45) is 4.31. The monoisotopic (exact) mass is 127 g/mol. The van der Waals surface area contributed by atoms with E-state index >= 15 is 0 Å². The van der Waals surface area contributed by atoms with Crippen LogP contribution in [0.25, 0.3) is 0 Å². The first kappa shape index (κ1) is 7.07. The lowest BCUT2D eigenvalue weighted by Crippen LogP contribution is -2.15. The first-order valence-electron chi connectivity index (χ1n) is 3.77. The minimum Gasteiger partial charge on any atom is -0.309 e.